The van der Waals surface area contributed by atoms with E-state index in [-0.39, 0.29) is 22.1 Å². The molecule has 3 saturated carbocycles. The molecule has 1 aromatic rings. The van der Waals surface area contributed by atoms with Crippen LogP contribution in [0.5, 0.6) is 5.75 Å². The zero-order valence-corrected chi connectivity index (χ0v) is 19.8. The second kappa shape index (κ2) is 7.46. The van der Waals surface area contributed by atoms with E-state index >= 15 is 0 Å². The Balaban J connectivity index is 1.36. The average molecular weight is 441 g/mol. The lowest BCUT2D eigenvalue weighted by Crippen LogP contribution is -2.62. The minimum Gasteiger partial charge on any atom is -0.490 e. The van der Waals surface area contributed by atoms with Crippen molar-refractivity contribution in [2.75, 3.05) is 7.05 Å². The molecule has 1 amide bonds. The highest BCUT2D eigenvalue weighted by atomic mass is 16.6. The van der Waals surface area contributed by atoms with E-state index in [1.807, 2.05) is 7.05 Å². The van der Waals surface area contributed by atoms with Crippen LogP contribution >= 0.6 is 0 Å². The molecule has 4 fully saturated rings. The van der Waals surface area contributed by atoms with Crippen LogP contribution in [0.4, 0.5) is 5.69 Å². The Morgan fingerprint density at radius 1 is 1.12 bits per heavy atom. The molecule has 8 atom stereocenters. The molecule has 4 aliphatic rings. The van der Waals surface area contributed by atoms with Crippen molar-refractivity contribution in [3.8, 4) is 5.75 Å². The number of nitrogens with zero attached hydrogens (tertiary/aromatic N) is 2. The topological polar surface area (TPSA) is 72.7 Å². The van der Waals surface area contributed by atoms with Gasteiger partial charge in [-0.15, -0.1) is 0 Å². The van der Waals surface area contributed by atoms with Crippen LogP contribution in [-0.2, 0) is 4.79 Å². The Hall–Kier alpha value is -2.11. The minimum atomic E-state index is -0.371. The fraction of sp³-hybridized carbons (Fsp3) is 0.731. The van der Waals surface area contributed by atoms with E-state index in [9.17, 15) is 14.9 Å². The van der Waals surface area contributed by atoms with E-state index in [0.29, 0.717) is 47.5 Å². The van der Waals surface area contributed by atoms with Gasteiger partial charge in [0.15, 0.2) is 0 Å². The van der Waals surface area contributed by atoms with Gasteiger partial charge in [-0.2, -0.15) is 0 Å². The molecular weight excluding hydrogens is 404 g/mol. The zero-order valence-electron chi connectivity index (χ0n) is 19.8. The third-order valence-electron chi connectivity index (χ3n) is 10.0. The van der Waals surface area contributed by atoms with Crippen molar-refractivity contribution in [3.05, 3.63) is 34.4 Å². The van der Waals surface area contributed by atoms with Gasteiger partial charge in [-0.1, -0.05) is 20.8 Å². The highest BCUT2D eigenvalue weighted by Crippen LogP contribution is 2.66. The van der Waals surface area contributed by atoms with Crippen LogP contribution in [0.15, 0.2) is 24.3 Å². The van der Waals surface area contributed by atoms with E-state index < -0.39 is 0 Å². The number of non-ortho nitro benzene ring substituents is 1. The SMILES string of the molecule is CC1CC2N(C)C(=O)CC[C@]2(C)C2CCC3(C)C[C@@H](Oc4ccc([N+](=O)[O-])cc4)CC3C12. The highest BCUT2D eigenvalue weighted by molar-refractivity contribution is 5.77. The molecule has 6 unspecified atom stereocenters. The standard InChI is InChI=1S/C26H36N2O4/c1-16-13-22-26(3,12-10-23(29)27(22)4)20-9-11-25(2)15-19(14-21(25)24(16)20)32-18-7-5-17(6-8-18)28(30)31/h5-8,16,19-22,24H,9-15H2,1-4H3/t16?,19-,20?,21?,22?,24?,25?,26+/m0/s1. The van der Waals surface area contributed by atoms with Crippen molar-refractivity contribution < 1.29 is 14.5 Å². The summed E-state index contributed by atoms with van der Waals surface area (Å²) in [5.41, 5.74) is 0.612. The summed E-state index contributed by atoms with van der Waals surface area (Å²) in [5, 5.41) is 10.9. The van der Waals surface area contributed by atoms with Gasteiger partial charge in [-0.3, -0.25) is 14.9 Å². The third kappa shape index (κ3) is 3.24. The molecule has 0 aromatic heterocycles. The van der Waals surface area contributed by atoms with Crippen molar-refractivity contribution in [1.82, 2.24) is 4.90 Å². The number of rotatable bonds is 3. The normalized spacial score (nSPS) is 43.2. The molecule has 3 aliphatic carbocycles. The molecule has 0 radical (unpaired) electrons. The second-order valence-corrected chi connectivity index (χ2v) is 11.7. The number of piperidine rings is 1. The molecule has 1 saturated heterocycles. The number of hydrogen-bond acceptors (Lipinski definition) is 4. The summed E-state index contributed by atoms with van der Waals surface area (Å²) >= 11 is 0. The number of likely N-dealkylation sites (tertiary alicyclic amines) is 1. The van der Waals surface area contributed by atoms with Crippen molar-refractivity contribution in [2.24, 2.45) is 34.5 Å². The van der Waals surface area contributed by atoms with E-state index in [1.165, 1.54) is 25.0 Å². The predicted molar refractivity (Wildman–Crippen MR) is 122 cm³/mol. The predicted octanol–water partition coefficient (Wildman–Crippen LogP) is 5.45. The zero-order chi connectivity index (χ0) is 22.8. The molecule has 1 heterocycles. The van der Waals surface area contributed by atoms with Crippen LogP contribution in [0, 0.1) is 44.6 Å². The first-order chi connectivity index (χ1) is 15.1. The van der Waals surface area contributed by atoms with Gasteiger partial charge >= 0.3 is 0 Å². The number of carbonyl (C=O) groups excluding carboxylic acids is 1. The van der Waals surface area contributed by atoms with Crippen LogP contribution in [0.2, 0.25) is 0 Å². The molecule has 5 rings (SSSR count). The number of benzene rings is 1. The number of ether oxygens (including phenoxy) is 1. The summed E-state index contributed by atoms with van der Waals surface area (Å²) in [7, 11) is 2.02. The molecule has 6 nitrogen and oxygen atoms in total. The Morgan fingerprint density at radius 2 is 1.84 bits per heavy atom. The summed E-state index contributed by atoms with van der Waals surface area (Å²) in [6, 6.07) is 6.89. The minimum absolute atomic E-state index is 0.0991. The van der Waals surface area contributed by atoms with Gasteiger partial charge < -0.3 is 9.64 Å². The van der Waals surface area contributed by atoms with Crippen molar-refractivity contribution in [3.63, 3.8) is 0 Å². The van der Waals surface area contributed by atoms with Crippen LogP contribution in [0.25, 0.3) is 0 Å². The molecule has 6 heteroatoms. The summed E-state index contributed by atoms with van der Waals surface area (Å²) in [6.07, 6.45) is 7.60. The van der Waals surface area contributed by atoms with Crippen LogP contribution in [-0.4, -0.2) is 34.9 Å². The van der Waals surface area contributed by atoms with Gasteiger partial charge in [0, 0.05) is 31.6 Å². The lowest BCUT2D eigenvalue weighted by molar-refractivity contribution is -0.384. The number of nitro benzene ring substituents is 1. The van der Waals surface area contributed by atoms with Gasteiger partial charge in [0.25, 0.3) is 5.69 Å². The largest absolute Gasteiger partial charge is 0.490 e. The number of amides is 1. The van der Waals surface area contributed by atoms with E-state index in [2.05, 4.69) is 25.7 Å². The van der Waals surface area contributed by atoms with Crippen molar-refractivity contribution in [2.45, 2.75) is 77.9 Å². The molecule has 0 N–H and O–H groups in total. The maximum absolute atomic E-state index is 12.4. The first-order valence-corrected chi connectivity index (χ1v) is 12.3. The molecule has 0 spiro atoms. The van der Waals surface area contributed by atoms with Crippen LogP contribution in [0.3, 0.4) is 0 Å². The summed E-state index contributed by atoms with van der Waals surface area (Å²) < 4.78 is 6.37. The van der Waals surface area contributed by atoms with Gasteiger partial charge in [-0.05, 0) is 85.2 Å². The van der Waals surface area contributed by atoms with Gasteiger partial charge in [0.2, 0.25) is 5.91 Å². The quantitative estimate of drug-likeness (QED) is 0.463. The van der Waals surface area contributed by atoms with Crippen molar-refractivity contribution >= 4 is 11.6 Å². The van der Waals surface area contributed by atoms with E-state index in [0.717, 1.165) is 31.4 Å². The maximum atomic E-state index is 12.4. The second-order valence-electron chi connectivity index (χ2n) is 11.7. The third-order valence-corrected chi connectivity index (χ3v) is 10.0. The fourth-order valence-corrected chi connectivity index (χ4v) is 8.39. The van der Waals surface area contributed by atoms with Crippen LogP contribution in [0.1, 0.15) is 65.7 Å². The van der Waals surface area contributed by atoms with E-state index in [1.54, 1.807) is 12.1 Å². The fourth-order valence-electron chi connectivity index (χ4n) is 8.39. The highest BCUT2D eigenvalue weighted by Gasteiger charge is 2.62. The summed E-state index contributed by atoms with van der Waals surface area (Å²) in [5.74, 6) is 3.64. The Kier molecular flexibility index (Phi) is 5.06. The Morgan fingerprint density at radius 3 is 2.53 bits per heavy atom. The molecule has 1 aromatic carbocycles. The monoisotopic (exact) mass is 440 g/mol. The number of carbonyl (C=O) groups is 1. The first kappa shape index (κ1) is 21.7. The molecular formula is C26H36N2O4. The van der Waals surface area contributed by atoms with Crippen LogP contribution < -0.4 is 4.74 Å². The van der Waals surface area contributed by atoms with Crippen molar-refractivity contribution in [1.29, 1.82) is 0 Å². The smallest absolute Gasteiger partial charge is 0.269 e. The Bertz CT molecular complexity index is 917. The van der Waals surface area contributed by atoms with Gasteiger partial charge in [0.05, 0.1) is 11.0 Å². The molecule has 32 heavy (non-hydrogen) atoms. The van der Waals surface area contributed by atoms with Gasteiger partial charge in [0.1, 0.15) is 5.75 Å². The molecule has 174 valence electrons. The van der Waals surface area contributed by atoms with Gasteiger partial charge in [-0.25, -0.2) is 0 Å². The van der Waals surface area contributed by atoms with E-state index in [4.69, 9.17) is 4.74 Å². The number of hydrogen-bond donors (Lipinski definition) is 0. The number of nitro groups is 1. The Labute approximate surface area is 190 Å². The average Bonchev–Trinajstić information content (AvgIpc) is 3.09. The maximum Gasteiger partial charge on any atom is 0.269 e. The first-order valence-electron chi connectivity index (χ1n) is 12.3. The lowest BCUT2D eigenvalue weighted by Gasteiger charge is -2.63. The lowest BCUT2D eigenvalue weighted by atomic mass is 9.45. The molecule has 0 bridgehead atoms. The summed E-state index contributed by atoms with van der Waals surface area (Å²) in [6.45, 7) is 7.35. The molecule has 1 aliphatic heterocycles. The number of fused-ring (bicyclic) bond motifs is 5. The summed E-state index contributed by atoms with van der Waals surface area (Å²) in [4.78, 5) is 25.1.